The number of ketones is 1. The van der Waals surface area contributed by atoms with E-state index in [2.05, 4.69) is 10.2 Å². The minimum absolute atomic E-state index is 0.114. The van der Waals surface area contributed by atoms with E-state index in [1.165, 1.54) is 35.1 Å². The van der Waals surface area contributed by atoms with Gasteiger partial charge in [0, 0.05) is 5.02 Å². The molecule has 0 bridgehead atoms. The molecule has 0 aliphatic rings. The fourth-order valence-electron chi connectivity index (χ4n) is 1.99. The summed E-state index contributed by atoms with van der Waals surface area (Å²) in [5.41, 5.74) is 1.50. The normalized spacial score (nSPS) is 11.0. The topological polar surface area (TPSA) is 68.0 Å². The fraction of sp³-hybridized carbons (Fsp3) is 0. The molecule has 3 aromatic rings. The molecular weight excluding hydrogens is 314 g/mol. The number of carbonyl (C=O) groups is 1. The van der Waals surface area contributed by atoms with Crippen LogP contribution in [0.25, 0.3) is 11.8 Å². The van der Waals surface area contributed by atoms with Gasteiger partial charge in [0.2, 0.25) is 0 Å². The zero-order chi connectivity index (χ0) is 16.2. The summed E-state index contributed by atoms with van der Waals surface area (Å²) in [5, 5.41) is 18.5. The van der Waals surface area contributed by atoms with Crippen molar-refractivity contribution in [2.45, 2.75) is 0 Å². The summed E-state index contributed by atoms with van der Waals surface area (Å²) in [6.07, 6.45) is 4.41. The van der Waals surface area contributed by atoms with Gasteiger partial charge < -0.3 is 5.11 Å². The molecule has 0 spiro atoms. The van der Waals surface area contributed by atoms with Gasteiger partial charge in [-0.3, -0.25) is 4.79 Å². The Hall–Kier alpha value is -2.92. The van der Waals surface area contributed by atoms with Crippen LogP contribution in [0.3, 0.4) is 0 Å². The second kappa shape index (κ2) is 6.46. The predicted octanol–water partition coefficient (Wildman–Crippen LogP) is 3.52. The third-order valence-corrected chi connectivity index (χ3v) is 3.36. The van der Waals surface area contributed by atoms with E-state index in [9.17, 15) is 9.90 Å². The quantitative estimate of drug-likeness (QED) is 0.588. The molecule has 3 rings (SSSR count). The lowest BCUT2D eigenvalue weighted by Gasteiger charge is -2.00. The Morgan fingerprint density at radius 3 is 2.74 bits per heavy atom. The van der Waals surface area contributed by atoms with Crippen LogP contribution in [0.1, 0.15) is 16.1 Å². The standard InChI is InChI=1S/C17H12ClN3O2/c18-12-6-8-16(22)15(10-12)17(23)9-7-13-11-19-21(20-13)14-4-2-1-3-5-14/h1-11,22H/b9-7+. The maximum absolute atomic E-state index is 12.1. The van der Waals surface area contributed by atoms with Gasteiger partial charge in [-0.2, -0.15) is 9.90 Å². The van der Waals surface area contributed by atoms with E-state index in [0.29, 0.717) is 10.7 Å². The van der Waals surface area contributed by atoms with Crippen molar-refractivity contribution in [1.82, 2.24) is 15.0 Å². The minimum atomic E-state index is -0.362. The number of phenolic OH excluding ortho intramolecular Hbond substituents is 1. The van der Waals surface area contributed by atoms with E-state index in [4.69, 9.17) is 11.6 Å². The molecule has 0 unspecified atom stereocenters. The number of halogens is 1. The Kier molecular flexibility index (Phi) is 4.21. The number of phenols is 1. The van der Waals surface area contributed by atoms with Crippen LogP contribution in [0.4, 0.5) is 0 Å². The molecule has 1 heterocycles. The molecule has 0 saturated heterocycles. The van der Waals surface area contributed by atoms with Crippen LogP contribution in [-0.2, 0) is 0 Å². The van der Waals surface area contributed by atoms with Gasteiger partial charge in [-0.25, -0.2) is 0 Å². The first-order chi connectivity index (χ1) is 11.1. The lowest BCUT2D eigenvalue weighted by molar-refractivity contribution is 0.104. The lowest BCUT2D eigenvalue weighted by atomic mass is 10.1. The molecule has 0 radical (unpaired) electrons. The molecule has 1 N–H and O–H groups in total. The lowest BCUT2D eigenvalue weighted by Crippen LogP contribution is -1.98. The maximum atomic E-state index is 12.1. The highest BCUT2D eigenvalue weighted by Crippen LogP contribution is 2.22. The Bertz CT molecular complexity index is 873. The van der Waals surface area contributed by atoms with Crippen LogP contribution in [0.15, 0.2) is 60.8 Å². The highest BCUT2D eigenvalue weighted by atomic mass is 35.5. The smallest absolute Gasteiger partial charge is 0.189 e. The minimum Gasteiger partial charge on any atom is -0.507 e. The van der Waals surface area contributed by atoms with Gasteiger partial charge in [-0.1, -0.05) is 29.8 Å². The van der Waals surface area contributed by atoms with E-state index in [-0.39, 0.29) is 17.1 Å². The van der Waals surface area contributed by atoms with Crippen molar-refractivity contribution in [1.29, 1.82) is 0 Å². The molecule has 5 nitrogen and oxygen atoms in total. The molecule has 0 aliphatic carbocycles. The van der Waals surface area contributed by atoms with E-state index in [1.807, 2.05) is 30.3 Å². The van der Waals surface area contributed by atoms with Crippen molar-refractivity contribution in [3.05, 3.63) is 77.1 Å². The average molecular weight is 326 g/mol. The number of rotatable bonds is 4. The number of allylic oxidation sites excluding steroid dienone is 1. The first kappa shape index (κ1) is 15.0. The number of hydrogen-bond donors (Lipinski definition) is 1. The first-order valence-electron chi connectivity index (χ1n) is 6.82. The highest BCUT2D eigenvalue weighted by Gasteiger charge is 2.09. The number of nitrogens with zero attached hydrogens (tertiary/aromatic N) is 3. The number of benzene rings is 2. The van der Waals surface area contributed by atoms with Crippen LogP contribution < -0.4 is 0 Å². The van der Waals surface area contributed by atoms with Crippen molar-refractivity contribution in [2.75, 3.05) is 0 Å². The van der Waals surface area contributed by atoms with Gasteiger partial charge in [0.25, 0.3) is 0 Å². The molecule has 1 aromatic heterocycles. The van der Waals surface area contributed by atoms with Gasteiger partial charge in [0.05, 0.1) is 17.4 Å². The summed E-state index contributed by atoms with van der Waals surface area (Å²) in [6.45, 7) is 0. The SMILES string of the molecule is O=C(/C=C/c1cnn(-c2ccccc2)n1)c1cc(Cl)ccc1O. The van der Waals surface area contributed by atoms with Crippen LogP contribution in [0.5, 0.6) is 5.75 Å². The zero-order valence-electron chi connectivity index (χ0n) is 11.9. The first-order valence-corrected chi connectivity index (χ1v) is 7.20. The van der Waals surface area contributed by atoms with Crippen molar-refractivity contribution in [2.24, 2.45) is 0 Å². The molecule has 0 saturated carbocycles. The third-order valence-electron chi connectivity index (χ3n) is 3.13. The van der Waals surface area contributed by atoms with Crippen LogP contribution in [0, 0.1) is 0 Å². The second-order valence-corrected chi connectivity index (χ2v) is 5.19. The number of aromatic nitrogens is 3. The number of hydrogen-bond acceptors (Lipinski definition) is 4. The summed E-state index contributed by atoms with van der Waals surface area (Å²) in [4.78, 5) is 13.6. The Balaban J connectivity index is 1.79. The van der Waals surface area contributed by atoms with E-state index in [0.717, 1.165) is 5.69 Å². The molecular formula is C17H12ClN3O2. The van der Waals surface area contributed by atoms with Gasteiger partial charge in [-0.15, -0.1) is 5.10 Å². The molecule has 23 heavy (non-hydrogen) atoms. The van der Waals surface area contributed by atoms with E-state index < -0.39 is 0 Å². The summed E-state index contributed by atoms with van der Waals surface area (Å²) < 4.78 is 0. The molecule has 0 amide bonds. The van der Waals surface area contributed by atoms with Crippen molar-refractivity contribution >= 4 is 23.5 Å². The average Bonchev–Trinajstić information content (AvgIpc) is 3.05. The van der Waals surface area contributed by atoms with E-state index >= 15 is 0 Å². The van der Waals surface area contributed by atoms with Gasteiger partial charge in [0.15, 0.2) is 5.78 Å². The number of para-hydroxylation sites is 1. The molecule has 0 aliphatic heterocycles. The van der Waals surface area contributed by atoms with Gasteiger partial charge >= 0.3 is 0 Å². The van der Waals surface area contributed by atoms with Crippen molar-refractivity contribution in [3.63, 3.8) is 0 Å². The monoisotopic (exact) mass is 325 g/mol. The van der Waals surface area contributed by atoms with E-state index in [1.54, 1.807) is 6.20 Å². The molecule has 0 atom stereocenters. The molecule has 2 aromatic carbocycles. The third kappa shape index (κ3) is 3.46. The van der Waals surface area contributed by atoms with Crippen LogP contribution in [-0.4, -0.2) is 25.9 Å². The molecule has 0 fully saturated rings. The van der Waals surface area contributed by atoms with Crippen LogP contribution in [0.2, 0.25) is 5.02 Å². The van der Waals surface area contributed by atoms with Gasteiger partial charge in [-0.05, 0) is 42.5 Å². The Labute approximate surface area is 137 Å². The number of aromatic hydroxyl groups is 1. The van der Waals surface area contributed by atoms with Crippen LogP contribution >= 0.6 is 11.6 Å². The summed E-state index contributed by atoms with van der Waals surface area (Å²) in [5.74, 6) is -0.476. The second-order valence-electron chi connectivity index (χ2n) is 4.75. The maximum Gasteiger partial charge on any atom is 0.189 e. The zero-order valence-corrected chi connectivity index (χ0v) is 12.7. The molecule has 114 valence electrons. The summed E-state index contributed by atoms with van der Waals surface area (Å²) in [6, 6.07) is 13.8. The largest absolute Gasteiger partial charge is 0.507 e. The highest BCUT2D eigenvalue weighted by molar-refractivity contribution is 6.31. The Morgan fingerprint density at radius 1 is 1.17 bits per heavy atom. The summed E-state index contributed by atoms with van der Waals surface area (Å²) in [7, 11) is 0. The van der Waals surface area contributed by atoms with Crippen molar-refractivity contribution in [3.8, 4) is 11.4 Å². The number of carbonyl (C=O) groups excluding carboxylic acids is 1. The van der Waals surface area contributed by atoms with Gasteiger partial charge in [0.1, 0.15) is 11.4 Å². The predicted molar refractivity (Wildman–Crippen MR) is 87.8 cm³/mol. The summed E-state index contributed by atoms with van der Waals surface area (Å²) >= 11 is 5.84. The van der Waals surface area contributed by atoms with Crippen molar-refractivity contribution < 1.29 is 9.90 Å². The fourth-order valence-corrected chi connectivity index (χ4v) is 2.17. The molecule has 6 heteroatoms. The Morgan fingerprint density at radius 2 is 1.96 bits per heavy atom.